The zero-order chi connectivity index (χ0) is 13.1. The number of non-ortho nitro benzene ring substituents is 1. The van der Waals surface area contributed by atoms with Crippen LogP contribution in [0.15, 0.2) is 40.8 Å². The van der Waals surface area contributed by atoms with Gasteiger partial charge in [0.2, 0.25) is 0 Å². The molecule has 1 heterocycles. The second-order valence-corrected chi connectivity index (χ2v) is 4.02. The van der Waals surface area contributed by atoms with Crippen LogP contribution in [0, 0.1) is 10.1 Å². The molecule has 1 unspecified atom stereocenters. The summed E-state index contributed by atoms with van der Waals surface area (Å²) in [6.07, 6.45) is 0.780. The molecule has 0 amide bonds. The van der Waals surface area contributed by atoms with E-state index >= 15 is 0 Å². The molecule has 1 aromatic carbocycles. The van der Waals surface area contributed by atoms with Gasteiger partial charge in [-0.2, -0.15) is 0 Å². The minimum absolute atomic E-state index is 0.0465. The number of nitrogens with two attached hydrogens (primary N) is 1. The third-order valence-electron chi connectivity index (χ3n) is 2.77. The maximum Gasteiger partial charge on any atom is 0.270 e. The lowest BCUT2D eigenvalue weighted by Crippen LogP contribution is -2.06. The van der Waals surface area contributed by atoms with Crippen LogP contribution in [0.3, 0.4) is 0 Å². The molecule has 0 bridgehead atoms. The monoisotopic (exact) mass is 246 g/mol. The first-order chi connectivity index (χ1) is 8.61. The standard InChI is InChI=1S/C13H14N2O3/c1-2-11(14)13-7-6-12(18-13)9-4-3-5-10(8-9)15(16)17/h3-8,11H,2,14H2,1H3. The molecule has 1 aromatic heterocycles. The van der Waals surface area contributed by atoms with Gasteiger partial charge in [0.15, 0.2) is 0 Å². The number of nitro groups is 1. The molecule has 2 N–H and O–H groups in total. The third-order valence-corrected chi connectivity index (χ3v) is 2.77. The minimum Gasteiger partial charge on any atom is -0.459 e. The lowest BCUT2D eigenvalue weighted by molar-refractivity contribution is -0.384. The Bertz CT molecular complexity index is 563. The molecule has 5 heteroatoms. The van der Waals surface area contributed by atoms with Gasteiger partial charge in [-0.1, -0.05) is 19.1 Å². The summed E-state index contributed by atoms with van der Waals surface area (Å²) in [4.78, 5) is 10.3. The fourth-order valence-corrected chi connectivity index (χ4v) is 1.68. The Kier molecular flexibility index (Phi) is 3.43. The molecule has 18 heavy (non-hydrogen) atoms. The van der Waals surface area contributed by atoms with Crippen molar-refractivity contribution in [3.63, 3.8) is 0 Å². The average Bonchev–Trinajstić information content (AvgIpc) is 2.87. The van der Waals surface area contributed by atoms with Crippen LogP contribution in [0.25, 0.3) is 11.3 Å². The van der Waals surface area contributed by atoms with E-state index in [0.717, 1.165) is 6.42 Å². The van der Waals surface area contributed by atoms with Gasteiger partial charge in [-0.15, -0.1) is 0 Å². The molecule has 0 aliphatic carbocycles. The molecule has 0 fully saturated rings. The van der Waals surface area contributed by atoms with E-state index in [-0.39, 0.29) is 11.7 Å². The normalized spacial score (nSPS) is 12.3. The van der Waals surface area contributed by atoms with Crippen LogP contribution in [0.5, 0.6) is 0 Å². The smallest absolute Gasteiger partial charge is 0.270 e. The van der Waals surface area contributed by atoms with Crippen molar-refractivity contribution in [2.45, 2.75) is 19.4 Å². The lowest BCUT2D eigenvalue weighted by atomic mass is 10.1. The summed E-state index contributed by atoms with van der Waals surface area (Å²) in [5, 5.41) is 10.7. The average molecular weight is 246 g/mol. The van der Waals surface area contributed by atoms with Gasteiger partial charge in [-0.25, -0.2) is 0 Å². The number of nitro benzene ring substituents is 1. The van der Waals surface area contributed by atoms with Crippen LogP contribution in [0.4, 0.5) is 5.69 Å². The molecule has 0 spiro atoms. The van der Waals surface area contributed by atoms with Crippen molar-refractivity contribution >= 4 is 5.69 Å². The Labute approximate surface area is 104 Å². The Hall–Kier alpha value is -2.14. The second kappa shape index (κ2) is 5.01. The van der Waals surface area contributed by atoms with E-state index < -0.39 is 4.92 Å². The number of furan rings is 1. The molecule has 0 saturated carbocycles. The molecular weight excluding hydrogens is 232 g/mol. The maximum atomic E-state index is 10.7. The zero-order valence-electron chi connectivity index (χ0n) is 10.00. The summed E-state index contributed by atoms with van der Waals surface area (Å²) >= 11 is 0. The maximum absolute atomic E-state index is 10.7. The van der Waals surface area contributed by atoms with Crippen molar-refractivity contribution in [3.05, 3.63) is 52.3 Å². The van der Waals surface area contributed by atoms with Gasteiger partial charge in [-0.3, -0.25) is 10.1 Å². The van der Waals surface area contributed by atoms with Gasteiger partial charge in [-0.05, 0) is 18.6 Å². The largest absolute Gasteiger partial charge is 0.459 e. The quantitative estimate of drug-likeness (QED) is 0.663. The van der Waals surface area contributed by atoms with E-state index in [2.05, 4.69) is 0 Å². The Morgan fingerprint density at radius 3 is 2.83 bits per heavy atom. The SMILES string of the molecule is CCC(N)c1ccc(-c2cccc([N+](=O)[O-])c2)o1. The van der Waals surface area contributed by atoms with Gasteiger partial charge in [0, 0.05) is 17.7 Å². The highest BCUT2D eigenvalue weighted by Gasteiger charge is 2.12. The lowest BCUT2D eigenvalue weighted by Gasteiger charge is -2.03. The molecule has 0 saturated heterocycles. The minimum atomic E-state index is -0.425. The zero-order valence-corrected chi connectivity index (χ0v) is 10.00. The number of hydrogen-bond donors (Lipinski definition) is 1. The van der Waals surface area contributed by atoms with Gasteiger partial charge in [0.1, 0.15) is 11.5 Å². The van der Waals surface area contributed by atoms with Crippen LogP contribution in [0.1, 0.15) is 25.1 Å². The van der Waals surface area contributed by atoms with Gasteiger partial charge in [0.05, 0.1) is 11.0 Å². The molecule has 2 aromatic rings. The first kappa shape index (κ1) is 12.3. The van der Waals surface area contributed by atoms with Crippen molar-refractivity contribution in [2.75, 3.05) is 0 Å². The van der Waals surface area contributed by atoms with Crippen molar-refractivity contribution in [2.24, 2.45) is 5.73 Å². The highest BCUT2D eigenvalue weighted by molar-refractivity contribution is 5.61. The van der Waals surface area contributed by atoms with E-state index in [9.17, 15) is 10.1 Å². The number of rotatable bonds is 4. The van der Waals surface area contributed by atoms with E-state index in [1.807, 2.05) is 13.0 Å². The van der Waals surface area contributed by atoms with Gasteiger partial charge >= 0.3 is 0 Å². The molecule has 0 aliphatic rings. The van der Waals surface area contributed by atoms with Crippen LogP contribution in [-0.4, -0.2) is 4.92 Å². The molecule has 0 aliphatic heterocycles. The van der Waals surface area contributed by atoms with Crippen LogP contribution in [0.2, 0.25) is 0 Å². The predicted octanol–water partition coefficient (Wildman–Crippen LogP) is 3.26. The topological polar surface area (TPSA) is 82.3 Å². The van der Waals surface area contributed by atoms with Crippen LogP contribution < -0.4 is 5.73 Å². The van der Waals surface area contributed by atoms with Crippen LogP contribution >= 0.6 is 0 Å². The van der Waals surface area contributed by atoms with Crippen molar-refractivity contribution in [1.29, 1.82) is 0 Å². The van der Waals surface area contributed by atoms with Crippen molar-refractivity contribution < 1.29 is 9.34 Å². The van der Waals surface area contributed by atoms with Gasteiger partial charge in [0.25, 0.3) is 5.69 Å². The first-order valence-corrected chi connectivity index (χ1v) is 5.72. The van der Waals surface area contributed by atoms with Crippen molar-refractivity contribution in [1.82, 2.24) is 0 Å². The summed E-state index contributed by atoms with van der Waals surface area (Å²) in [5.74, 6) is 1.29. The van der Waals surface area contributed by atoms with E-state index in [1.165, 1.54) is 12.1 Å². The first-order valence-electron chi connectivity index (χ1n) is 5.72. The second-order valence-electron chi connectivity index (χ2n) is 4.02. The molecule has 1 atom stereocenters. The Morgan fingerprint density at radius 1 is 1.39 bits per heavy atom. The predicted molar refractivity (Wildman–Crippen MR) is 68.0 cm³/mol. The molecular formula is C13H14N2O3. The van der Waals surface area contributed by atoms with E-state index in [4.69, 9.17) is 10.2 Å². The summed E-state index contributed by atoms with van der Waals surface area (Å²) in [6, 6.07) is 9.79. The summed E-state index contributed by atoms with van der Waals surface area (Å²) in [5.41, 5.74) is 6.59. The number of benzene rings is 1. The molecule has 2 rings (SSSR count). The fourth-order valence-electron chi connectivity index (χ4n) is 1.68. The molecule has 0 radical (unpaired) electrons. The molecule has 5 nitrogen and oxygen atoms in total. The third kappa shape index (κ3) is 2.41. The number of nitrogens with zero attached hydrogens (tertiary/aromatic N) is 1. The summed E-state index contributed by atoms with van der Waals surface area (Å²) < 4.78 is 5.61. The highest BCUT2D eigenvalue weighted by Crippen LogP contribution is 2.27. The van der Waals surface area contributed by atoms with Crippen LogP contribution in [-0.2, 0) is 0 Å². The Balaban J connectivity index is 2.34. The number of hydrogen-bond acceptors (Lipinski definition) is 4. The summed E-state index contributed by atoms with van der Waals surface area (Å²) in [7, 11) is 0. The van der Waals surface area contributed by atoms with E-state index in [0.29, 0.717) is 17.1 Å². The summed E-state index contributed by atoms with van der Waals surface area (Å²) in [6.45, 7) is 1.97. The highest BCUT2D eigenvalue weighted by atomic mass is 16.6. The molecule has 94 valence electrons. The Morgan fingerprint density at radius 2 is 2.17 bits per heavy atom. The van der Waals surface area contributed by atoms with Crippen molar-refractivity contribution in [3.8, 4) is 11.3 Å². The van der Waals surface area contributed by atoms with E-state index in [1.54, 1.807) is 18.2 Å². The van der Waals surface area contributed by atoms with Gasteiger partial charge < -0.3 is 10.2 Å². The fraction of sp³-hybridized carbons (Fsp3) is 0.231.